The molecular weight excluding hydrogens is 444 g/mol. The van der Waals surface area contributed by atoms with E-state index in [1.165, 1.54) is 27.6 Å². The van der Waals surface area contributed by atoms with Crippen LogP contribution in [-0.4, -0.2) is 37.2 Å². The molecule has 0 spiro atoms. The van der Waals surface area contributed by atoms with Gasteiger partial charge in [0.2, 0.25) is 0 Å². The Morgan fingerprint density at radius 1 is 1.12 bits per heavy atom. The molecule has 1 unspecified atom stereocenters. The van der Waals surface area contributed by atoms with Gasteiger partial charge in [0.1, 0.15) is 23.1 Å². The summed E-state index contributed by atoms with van der Waals surface area (Å²) in [5, 5.41) is 21.5. The summed E-state index contributed by atoms with van der Waals surface area (Å²) in [6, 6.07) is 13.3. The van der Waals surface area contributed by atoms with Gasteiger partial charge in [-0.2, -0.15) is 14.9 Å². The Hall–Kier alpha value is -4.34. The molecule has 34 heavy (non-hydrogen) atoms. The number of carboxylic acid groups (broad SMARTS) is 1. The Kier molecular flexibility index (Phi) is 5.20. The molecule has 2 N–H and O–H groups in total. The summed E-state index contributed by atoms with van der Waals surface area (Å²) < 4.78 is 31.1. The number of fused-ring (bicyclic) bond motifs is 1. The summed E-state index contributed by atoms with van der Waals surface area (Å²) in [4.78, 5) is 24.2. The van der Waals surface area contributed by atoms with Crippen LogP contribution in [0, 0.1) is 24.5 Å². The van der Waals surface area contributed by atoms with E-state index in [0.29, 0.717) is 22.8 Å². The highest BCUT2D eigenvalue weighted by Gasteiger charge is 2.31. The highest BCUT2D eigenvalue weighted by Crippen LogP contribution is 2.39. The number of aryl methyl sites for hydroxylation is 1. The molecule has 0 radical (unpaired) electrons. The van der Waals surface area contributed by atoms with Crippen LogP contribution in [0.3, 0.4) is 0 Å². The zero-order valence-electron chi connectivity index (χ0n) is 18.0. The first kappa shape index (κ1) is 21.5. The minimum atomic E-state index is -0.990. The van der Waals surface area contributed by atoms with Crippen molar-refractivity contribution in [3.63, 3.8) is 0 Å². The Balaban J connectivity index is 1.74. The maximum Gasteiger partial charge on any atom is 0.310 e. The third kappa shape index (κ3) is 3.62. The number of aromatic nitrogens is 4. The lowest BCUT2D eigenvalue weighted by atomic mass is 10.0. The summed E-state index contributed by atoms with van der Waals surface area (Å²) in [6.07, 6.45) is 0. The minimum Gasteiger partial charge on any atom is -0.481 e. The zero-order valence-corrected chi connectivity index (χ0v) is 18.0. The summed E-state index contributed by atoms with van der Waals surface area (Å²) in [7, 11) is 0. The number of carboxylic acids is 1. The van der Waals surface area contributed by atoms with Crippen molar-refractivity contribution in [1.82, 2.24) is 19.6 Å². The first-order valence-electron chi connectivity index (χ1n) is 10.5. The molecule has 4 aromatic rings. The average Bonchev–Trinajstić information content (AvgIpc) is 3.18. The van der Waals surface area contributed by atoms with Crippen LogP contribution in [-0.2, 0) is 11.3 Å². The SMILES string of the molecule is Cc1ccccc1-n1nc(-c2c(-c3ccc(F)cc3F)nn3c2NCC(C(=O)O)C3)ccc1=O. The van der Waals surface area contributed by atoms with Crippen molar-refractivity contribution in [1.29, 1.82) is 0 Å². The first-order chi connectivity index (χ1) is 16.3. The number of nitrogens with zero attached hydrogens (tertiary/aromatic N) is 4. The Morgan fingerprint density at radius 3 is 2.65 bits per heavy atom. The van der Waals surface area contributed by atoms with Crippen molar-refractivity contribution >= 4 is 11.8 Å². The molecule has 0 saturated carbocycles. The van der Waals surface area contributed by atoms with E-state index in [-0.39, 0.29) is 29.9 Å². The molecule has 0 bridgehead atoms. The van der Waals surface area contributed by atoms with Gasteiger partial charge >= 0.3 is 5.97 Å². The van der Waals surface area contributed by atoms with Crippen molar-refractivity contribution in [3.8, 4) is 28.2 Å². The van der Waals surface area contributed by atoms with E-state index in [4.69, 9.17) is 0 Å². The molecule has 5 rings (SSSR count). The molecule has 1 aliphatic rings. The molecule has 8 nitrogen and oxygen atoms in total. The molecule has 2 aromatic heterocycles. The molecule has 10 heteroatoms. The van der Waals surface area contributed by atoms with Crippen LogP contribution < -0.4 is 10.9 Å². The van der Waals surface area contributed by atoms with Gasteiger partial charge < -0.3 is 10.4 Å². The van der Waals surface area contributed by atoms with Gasteiger partial charge in [0, 0.05) is 24.2 Å². The Bertz CT molecular complexity index is 1490. The lowest BCUT2D eigenvalue weighted by molar-refractivity contribution is -0.141. The molecule has 3 heterocycles. The second kappa shape index (κ2) is 8.22. The number of para-hydroxylation sites is 1. The van der Waals surface area contributed by atoms with Crippen LogP contribution in [0.2, 0.25) is 0 Å². The van der Waals surface area contributed by atoms with Crippen molar-refractivity contribution in [2.24, 2.45) is 5.92 Å². The largest absolute Gasteiger partial charge is 0.481 e. The minimum absolute atomic E-state index is 0.0300. The quantitative estimate of drug-likeness (QED) is 0.481. The Labute approximate surface area is 192 Å². The van der Waals surface area contributed by atoms with E-state index in [1.54, 1.807) is 12.1 Å². The smallest absolute Gasteiger partial charge is 0.310 e. The number of carbonyl (C=O) groups is 1. The molecule has 1 atom stereocenters. The van der Waals surface area contributed by atoms with E-state index < -0.39 is 23.5 Å². The molecular formula is C24H19F2N5O3. The number of anilines is 1. The maximum absolute atomic E-state index is 14.8. The second-order valence-corrected chi connectivity index (χ2v) is 8.05. The molecule has 0 aliphatic carbocycles. The van der Waals surface area contributed by atoms with Gasteiger partial charge in [-0.05, 0) is 36.8 Å². The first-order valence-corrected chi connectivity index (χ1v) is 10.5. The average molecular weight is 463 g/mol. The van der Waals surface area contributed by atoms with Gasteiger partial charge in [0.05, 0.1) is 29.4 Å². The normalized spacial score (nSPS) is 15.0. The fourth-order valence-electron chi connectivity index (χ4n) is 4.06. The monoisotopic (exact) mass is 463 g/mol. The Morgan fingerprint density at radius 2 is 1.91 bits per heavy atom. The van der Waals surface area contributed by atoms with E-state index in [0.717, 1.165) is 17.7 Å². The summed E-state index contributed by atoms with van der Waals surface area (Å²) in [5.41, 5.74) is 1.96. The summed E-state index contributed by atoms with van der Waals surface area (Å²) in [6.45, 7) is 2.05. The predicted octanol–water partition coefficient (Wildman–Crippen LogP) is 3.48. The summed E-state index contributed by atoms with van der Waals surface area (Å²) >= 11 is 0. The molecule has 2 aromatic carbocycles. The topological polar surface area (TPSA) is 102 Å². The predicted molar refractivity (Wildman–Crippen MR) is 121 cm³/mol. The van der Waals surface area contributed by atoms with Crippen LogP contribution in [0.4, 0.5) is 14.6 Å². The van der Waals surface area contributed by atoms with Gasteiger partial charge in [-0.3, -0.25) is 9.59 Å². The van der Waals surface area contributed by atoms with Crippen LogP contribution in [0.1, 0.15) is 5.56 Å². The van der Waals surface area contributed by atoms with Gasteiger partial charge in [0.15, 0.2) is 0 Å². The van der Waals surface area contributed by atoms with E-state index in [2.05, 4.69) is 15.5 Å². The zero-order chi connectivity index (χ0) is 24.0. The number of aliphatic carboxylic acids is 1. The molecule has 0 amide bonds. The highest BCUT2D eigenvalue weighted by molar-refractivity contribution is 5.88. The lowest BCUT2D eigenvalue weighted by Gasteiger charge is -2.22. The lowest BCUT2D eigenvalue weighted by Crippen LogP contribution is -2.33. The number of hydrogen-bond donors (Lipinski definition) is 2. The number of nitrogens with one attached hydrogen (secondary N) is 1. The number of benzene rings is 2. The van der Waals surface area contributed by atoms with E-state index in [1.807, 2.05) is 19.1 Å². The van der Waals surface area contributed by atoms with Crippen LogP contribution in [0.25, 0.3) is 28.2 Å². The highest BCUT2D eigenvalue weighted by atomic mass is 19.1. The van der Waals surface area contributed by atoms with Gasteiger partial charge in [-0.15, -0.1) is 0 Å². The van der Waals surface area contributed by atoms with Crippen LogP contribution in [0.5, 0.6) is 0 Å². The standard InChI is InChI=1S/C24H19F2N5O3/c1-13-4-2-3-5-19(13)31-20(32)9-8-18(28-31)21-22(16-7-6-15(25)10-17(16)26)29-30-12-14(24(33)34)11-27-23(21)30/h2-10,14,27H,11-12H2,1H3,(H,33,34). The van der Waals surface area contributed by atoms with E-state index >= 15 is 0 Å². The summed E-state index contributed by atoms with van der Waals surface area (Å²) in [5.74, 6) is -2.84. The number of hydrogen-bond acceptors (Lipinski definition) is 5. The van der Waals surface area contributed by atoms with Gasteiger partial charge in [-0.25, -0.2) is 13.5 Å². The van der Waals surface area contributed by atoms with E-state index in [9.17, 15) is 23.5 Å². The molecule has 0 saturated heterocycles. The van der Waals surface area contributed by atoms with Gasteiger partial charge in [0.25, 0.3) is 5.56 Å². The third-order valence-corrected chi connectivity index (χ3v) is 5.80. The molecule has 172 valence electrons. The van der Waals surface area contributed by atoms with Crippen LogP contribution >= 0.6 is 0 Å². The van der Waals surface area contributed by atoms with Crippen molar-refractivity contribution < 1.29 is 18.7 Å². The second-order valence-electron chi connectivity index (χ2n) is 8.05. The van der Waals surface area contributed by atoms with Crippen molar-refractivity contribution in [3.05, 3.63) is 82.1 Å². The van der Waals surface area contributed by atoms with Gasteiger partial charge in [-0.1, -0.05) is 18.2 Å². The number of halogens is 2. The fourth-order valence-corrected chi connectivity index (χ4v) is 4.06. The van der Waals surface area contributed by atoms with Crippen molar-refractivity contribution in [2.75, 3.05) is 11.9 Å². The van der Waals surface area contributed by atoms with Crippen molar-refractivity contribution in [2.45, 2.75) is 13.5 Å². The molecule has 0 fully saturated rings. The number of rotatable bonds is 4. The fraction of sp³-hybridized carbons (Fsp3) is 0.167. The van der Waals surface area contributed by atoms with Crippen LogP contribution in [0.15, 0.2) is 59.4 Å². The maximum atomic E-state index is 14.8. The molecule has 1 aliphatic heterocycles. The third-order valence-electron chi connectivity index (χ3n) is 5.80.